The van der Waals surface area contributed by atoms with E-state index in [1.165, 1.54) is 0 Å². The van der Waals surface area contributed by atoms with Crippen molar-refractivity contribution in [3.05, 3.63) is 66.0 Å². The topological polar surface area (TPSA) is 68.3 Å². The molecule has 0 fully saturated rings. The second-order valence-electron chi connectivity index (χ2n) is 6.07. The molecular formula is C18H20N2O3. The van der Waals surface area contributed by atoms with Gasteiger partial charge in [-0.05, 0) is 38.5 Å². The molecule has 1 N–H and O–H groups in total. The third kappa shape index (κ3) is 4.92. The van der Waals surface area contributed by atoms with E-state index in [-0.39, 0.29) is 11.5 Å². The van der Waals surface area contributed by atoms with E-state index in [4.69, 9.17) is 4.74 Å². The van der Waals surface area contributed by atoms with Crippen LogP contribution in [0, 0.1) is 0 Å². The van der Waals surface area contributed by atoms with Crippen molar-refractivity contribution < 1.29 is 14.3 Å². The van der Waals surface area contributed by atoms with Crippen LogP contribution in [0.5, 0.6) is 0 Å². The number of aromatic nitrogens is 1. The fourth-order valence-corrected chi connectivity index (χ4v) is 2.03. The Labute approximate surface area is 135 Å². The van der Waals surface area contributed by atoms with Gasteiger partial charge in [0.1, 0.15) is 17.3 Å². The Balaban J connectivity index is 2.26. The van der Waals surface area contributed by atoms with Crippen LogP contribution in [0.15, 0.2) is 54.7 Å². The predicted octanol–water partition coefficient (Wildman–Crippen LogP) is 3.53. The summed E-state index contributed by atoms with van der Waals surface area (Å²) in [6.07, 6.45) is 0.901. The summed E-state index contributed by atoms with van der Waals surface area (Å²) < 4.78 is 5.25. The molecule has 0 aliphatic rings. The molecule has 0 aliphatic carbocycles. The number of rotatable bonds is 4. The van der Waals surface area contributed by atoms with Crippen LogP contribution in [0.4, 0.5) is 4.79 Å². The summed E-state index contributed by atoms with van der Waals surface area (Å²) in [5.41, 5.74) is 0.325. The second-order valence-corrected chi connectivity index (χ2v) is 6.07. The van der Waals surface area contributed by atoms with Crippen LogP contribution in [0.3, 0.4) is 0 Å². The number of pyridine rings is 1. The maximum absolute atomic E-state index is 12.7. The Hall–Kier alpha value is -2.69. The van der Waals surface area contributed by atoms with E-state index in [0.29, 0.717) is 5.56 Å². The fourth-order valence-electron chi connectivity index (χ4n) is 2.03. The molecule has 0 aliphatic heterocycles. The average Bonchev–Trinajstić information content (AvgIpc) is 2.52. The molecule has 23 heavy (non-hydrogen) atoms. The Kier molecular flexibility index (Phi) is 5.11. The average molecular weight is 312 g/mol. The van der Waals surface area contributed by atoms with Gasteiger partial charge in [-0.25, -0.2) is 4.79 Å². The molecule has 2 rings (SSSR count). The minimum absolute atomic E-state index is 0.289. The van der Waals surface area contributed by atoms with Gasteiger partial charge < -0.3 is 10.1 Å². The van der Waals surface area contributed by atoms with Gasteiger partial charge in [-0.2, -0.15) is 0 Å². The molecular weight excluding hydrogens is 292 g/mol. The number of carbonyl (C=O) groups is 2. The molecule has 0 saturated heterocycles. The number of nitrogens with one attached hydrogen (secondary N) is 1. The number of amides is 1. The summed E-state index contributed by atoms with van der Waals surface area (Å²) in [5.74, 6) is -0.289. The van der Waals surface area contributed by atoms with Crippen molar-refractivity contribution >= 4 is 11.9 Å². The first-order valence-corrected chi connectivity index (χ1v) is 7.36. The molecule has 5 nitrogen and oxygen atoms in total. The summed E-state index contributed by atoms with van der Waals surface area (Å²) in [6.45, 7) is 5.31. The molecule has 0 bridgehead atoms. The van der Waals surface area contributed by atoms with Gasteiger partial charge in [0.05, 0.1) is 0 Å². The predicted molar refractivity (Wildman–Crippen MR) is 87.1 cm³/mol. The van der Waals surface area contributed by atoms with E-state index in [2.05, 4.69) is 10.3 Å². The van der Waals surface area contributed by atoms with Crippen molar-refractivity contribution in [2.24, 2.45) is 0 Å². The van der Waals surface area contributed by atoms with Crippen LogP contribution in [-0.2, 0) is 4.74 Å². The highest BCUT2D eigenvalue weighted by Gasteiger charge is 2.27. The third-order valence-electron chi connectivity index (χ3n) is 2.97. The van der Waals surface area contributed by atoms with Crippen molar-refractivity contribution in [1.29, 1.82) is 0 Å². The number of carbonyl (C=O) groups excluding carboxylic acids is 2. The smallest absolute Gasteiger partial charge is 0.408 e. The molecule has 1 aromatic carbocycles. The first kappa shape index (κ1) is 16.7. The van der Waals surface area contributed by atoms with E-state index >= 15 is 0 Å². The molecule has 2 aromatic rings. The Morgan fingerprint density at radius 2 is 1.70 bits per heavy atom. The maximum atomic E-state index is 12.7. The Morgan fingerprint density at radius 1 is 1.04 bits per heavy atom. The Morgan fingerprint density at radius 3 is 2.26 bits per heavy atom. The largest absolute Gasteiger partial charge is 0.444 e. The number of Topliss-reactive ketones (excluding diaryl/α,β-unsaturated/α-hetero) is 1. The van der Waals surface area contributed by atoms with Crippen molar-refractivity contribution in [3.8, 4) is 0 Å². The van der Waals surface area contributed by atoms with E-state index in [1.54, 1.807) is 57.3 Å². The maximum Gasteiger partial charge on any atom is 0.408 e. The SMILES string of the molecule is CC(C)(C)OC(=O)N[C@@H](C(=O)c1ccccn1)c1ccccc1. The van der Waals surface area contributed by atoms with Crippen molar-refractivity contribution in [2.75, 3.05) is 0 Å². The van der Waals surface area contributed by atoms with Gasteiger partial charge >= 0.3 is 6.09 Å². The number of alkyl carbamates (subject to hydrolysis) is 1. The van der Waals surface area contributed by atoms with Crippen LogP contribution in [0.2, 0.25) is 0 Å². The summed E-state index contributed by atoms with van der Waals surface area (Å²) in [4.78, 5) is 28.9. The highest BCUT2D eigenvalue weighted by Crippen LogP contribution is 2.18. The number of nitrogens with zero attached hydrogens (tertiary/aromatic N) is 1. The molecule has 0 saturated carbocycles. The van der Waals surface area contributed by atoms with Gasteiger partial charge in [0.15, 0.2) is 0 Å². The van der Waals surface area contributed by atoms with E-state index in [0.717, 1.165) is 0 Å². The first-order valence-electron chi connectivity index (χ1n) is 7.36. The zero-order valence-corrected chi connectivity index (χ0v) is 13.4. The van der Waals surface area contributed by atoms with Crippen LogP contribution >= 0.6 is 0 Å². The second kappa shape index (κ2) is 7.05. The van der Waals surface area contributed by atoms with Crippen molar-refractivity contribution in [2.45, 2.75) is 32.4 Å². The molecule has 120 valence electrons. The number of ether oxygens (including phenoxy) is 1. The molecule has 1 aromatic heterocycles. The molecule has 0 spiro atoms. The normalized spacial score (nSPS) is 12.3. The highest BCUT2D eigenvalue weighted by atomic mass is 16.6. The zero-order chi connectivity index (χ0) is 16.9. The van der Waals surface area contributed by atoms with Gasteiger partial charge in [0.2, 0.25) is 5.78 Å². The quantitative estimate of drug-likeness (QED) is 0.877. The van der Waals surface area contributed by atoms with Crippen LogP contribution < -0.4 is 5.32 Å². The summed E-state index contributed by atoms with van der Waals surface area (Å²) in [5, 5.41) is 2.64. The third-order valence-corrected chi connectivity index (χ3v) is 2.97. The number of benzene rings is 1. The first-order chi connectivity index (χ1) is 10.9. The van der Waals surface area contributed by atoms with Crippen LogP contribution in [-0.4, -0.2) is 22.5 Å². The lowest BCUT2D eigenvalue weighted by Crippen LogP contribution is -2.38. The van der Waals surface area contributed by atoms with Gasteiger partial charge in [0, 0.05) is 6.20 Å². The number of hydrogen-bond acceptors (Lipinski definition) is 4. The molecule has 1 atom stereocenters. The lowest BCUT2D eigenvalue weighted by molar-refractivity contribution is 0.0490. The van der Waals surface area contributed by atoms with Gasteiger partial charge in [-0.1, -0.05) is 36.4 Å². The number of hydrogen-bond donors (Lipinski definition) is 1. The number of ketones is 1. The molecule has 1 amide bonds. The fraction of sp³-hybridized carbons (Fsp3) is 0.278. The summed E-state index contributed by atoms with van der Waals surface area (Å²) in [6, 6.07) is 13.3. The minimum atomic E-state index is -0.846. The van der Waals surface area contributed by atoms with Crippen LogP contribution in [0.25, 0.3) is 0 Å². The van der Waals surface area contributed by atoms with Gasteiger partial charge in [-0.3, -0.25) is 9.78 Å². The summed E-state index contributed by atoms with van der Waals surface area (Å²) in [7, 11) is 0. The lowest BCUT2D eigenvalue weighted by atomic mass is 10.0. The van der Waals surface area contributed by atoms with Crippen LogP contribution in [0.1, 0.15) is 42.9 Å². The zero-order valence-electron chi connectivity index (χ0n) is 13.4. The molecule has 1 heterocycles. The minimum Gasteiger partial charge on any atom is -0.444 e. The van der Waals surface area contributed by atoms with E-state index < -0.39 is 17.7 Å². The van der Waals surface area contributed by atoms with Crippen molar-refractivity contribution in [3.63, 3.8) is 0 Å². The highest BCUT2D eigenvalue weighted by molar-refractivity contribution is 6.00. The van der Waals surface area contributed by atoms with Crippen molar-refractivity contribution in [1.82, 2.24) is 10.3 Å². The van der Waals surface area contributed by atoms with Gasteiger partial charge in [-0.15, -0.1) is 0 Å². The van der Waals surface area contributed by atoms with E-state index in [9.17, 15) is 9.59 Å². The standard InChI is InChI=1S/C18H20N2O3/c1-18(2,3)23-17(22)20-15(13-9-5-4-6-10-13)16(21)14-11-7-8-12-19-14/h4-12,15H,1-3H3,(H,20,22)/t15-/m1/s1. The Bertz CT molecular complexity index is 664. The molecule has 5 heteroatoms. The summed E-state index contributed by atoms with van der Waals surface area (Å²) >= 11 is 0. The van der Waals surface area contributed by atoms with Gasteiger partial charge in [0.25, 0.3) is 0 Å². The lowest BCUT2D eigenvalue weighted by Gasteiger charge is -2.23. The molecule has 0 unspecified atom stereocenters. The molecule has 0 radical (unpaired) electrons. The van der Waals surface area contributed by atoms with E-state index in [1.807, 2.05) is 18.2 Å². The monoisotopic (exact) mass is 312 g/mol.